The van der Waals surface area contributed by atoms with Crippen LogP contribution < -0.4 is 4.90 Å². The molecule has 136 valence electrons. The zero-order chi connectivity index (χ0) is 18.7. The van der Waals surface area contributed by atoms with Gasteiger partial charge in [-0.05, 0) is 30.3 Å². The summed E-state index contributed by atoms with van der Waals surface area (Å²) in [6.07, 6.45) is 3.17. The fraction of sp³-hybridized carbons (Fsp3) is 0.222. The monoisotopic (exact) mass is 374 g/mol. The van der Waals surface area contributed by atoms with Crippen molar-refractivity contribution in [2.75, 3.05) is 17.3 Å². The Labute approximate surface area is 151 Å². The van der Waals surface area contributed by atoms with Crippen molar-refractivity contribution in [3.63, 3.8) is 0 Å². The quantitative estimate of drug-likeness (QED) is 0.741. The minimum Gasteiger partial charge on any atom is -0.451 e. The Bertz CT molecular complexity index is 947. The molecule has 0 fully saturated rings. The van der Waals surface area contributed by atoms with Gasteiger partial charge < -0.3 is 14.2 Å². The van der Waals surface area contributed by atoms with Crippen LogP contribution in [0.5, 0.6) is 0 Å². The predicted octanol–water partition coefficient (Wildman–Crippen LogP) is 1.53. The molecule has 0 spiro atoms. The zero-order valence-corrected chi connectivity index (χ0v) is 14.9. The highest BCUT2D eigenvalue weighted by atomic mass is 32.2. The predicted molar refractivity (Wildman–Crippen MR) is 96.3 cm³/mol. The van der Waals surface area contributed by atoms with Crippen molar-refractivity contribution in [1.82, 2.24) is 4.57 Å². The molecule has 1 aromatic carbocycles. The van der Waals surface area contributed by atoms with Gasteiger partial charge in [-0.25, -0.2) is 13.2 Å². The number of esters is 1. The van der Waals surface area contributed by atoms with E-state index in [9.17, 15) is 18.0 Å². The summed E-state index contributed by atoms with van der Waals surface area (Å²) in [6, 6.07) is 11.4. The van der Waals surface area contributed by atoms with Gasteiger partial charge in [0.2, 0.25) is 0 Å². The molecule has 7 nitrogen and oxygen atoms in total. The molecule has 1 aliphatic heterocycles. The number of rotatable bonds is 5. The van der Waals surface area contributed by atoms with Crippen LogP contribution in [0.25, 0.3) is 0 Å². The minimum atomic E-state index is -3.34. The second-order valence-electron chi connectivity index (χ2n) is 5.91. The van der Waals surface area contributed by atoms with Crippen LogP contribution in [0.2, 0.25) is 0 Å². The molecule has 1 amide bonds. The van der Waals surface area contributed by atoms with Crippen LogP contribution >= 0.6 is 0 Å². The van der Waals surface area contributed by atoms with E-state index in [2.05, 4.69) is 0 Å². The molecule has 1 atom stereocenters. The van der Waals surface area contributed by atoms with Gasteiger partial charge in [0.25, 0.3) is 5.91 Å². The van der Waals surface area contributed by atoms with Crippen molar-refractivity contribution in [3.8, 4) is 0 Å². The zero-order valence-electron chi connectivity index (χ0n) is 14.1. The fourth-order valence-electron chi connectivity index (χ4n) is 2.77. The van der Waals surface area contributed by atoms with Crippen LogP contribution in [0.1, 0.15) is 10.5 Å². The van der Waals surface area contributed by atoms with Gasteiger partial charge >= 0.3 is 5.97 Å². The second-order valence-corrected chi connectivity index (χ2v) is 7.84. The molecular weight excluding hydrogens is 356 g/mol. The SMILES string of the molecule is Cn1cccc1C(=O)OCC(=O)N(c1ccccc1)[C@@H]1C=CS(=O)(=O)C1. The number of nitrogens with zero attached hydrogens (tertiary/aromatic N) is 2. The Balaban J connectivity index is 1.77. The molecule has 0 aliphatic carbocycles. The maximum absolute atomic E-state index is 12.7. The van der Waals surface area contributed by atoms with E-state index in [1.54, 1.807) is 60.3 Å². The summed E-state index contributed by atoms with van der Waals surface area (Å²) in [5.41, 5.74) is 0.867. The summed E-state index contributed by atoms with van der Waals surface area (Å²) >= 11 is 0. The lowest BCUT2D eigenvalue weighted by Crippen LogP contribution is -2.43. The Morgan fingerprint density at radius 3 is 2.50 bits per heavy atom. The van der Waals surface area contributed by atoms with E-state index in [0.717, 1.165) is 5.41 Å². The number of aryl methyl sites for hydroxylation is 1. The summed E-state index contributed by atoms with van der Waals surface area (Å²) in [4.78, 5) is 26.2. The van der Waals surface area contributed by atoms with Crippen LogP contribution in [0.4, 0.5) is 5.69 Å². The second kappa shape index (κ2) is 7.17. The summed E-state index contributed by atoms with van der Waals surface area (Å²) < 4.78 is 30.2. The molecule has 2 heterocycles. The number of aromatic nitrogens is 1. The topological polar surface area (TPSA) is 85.7 Å². The normalized spacial score (nSPS) is 17.8. The van der Waals surface area contributed by atoms with Gasteiger partial charge in [-0.3, -0.25) is 4.79 Å². The van der Waals surface area contributed by atoms with E-state index in [-0.39, 0.29) is 5.75 Å². The Morgan fingerprint density at radius 2 is 1.92 bits per heavy atom. The van der Waals surface area contributed by atoms with E-state index in [4.69, 9.17) is 4.74 Å². The van der Waals surface area contributed by atoms with Gasteiger partial charge in [-0.1, -0.05) is 18.2 Å². The van der Waals surface area contributed by atoms with Gasteiger partial charge in [-0.2, -0.15) is 0 Å². The lowest BCUT2D eigenvalue weighted by molar-refractivity contribution is -0.121. The van der Waals surface area contributed by atoms with E-state index in [1.807, 2.05) is 0 Å². The number of carbonyl (C=O) groups excluding carboxylic acids is 2. The first kappa shape index (κ1) is 17.9. The molecule has 1 aromatic heterocycles. The first-order valence-electron chi connectivity index (χ1n) is 7.94. The Kier molecular flexibility index (Phi) is 4.94. The maximum atomic E-state index is 12.7. The molecule has 0 radical (unpaired) electrons. The van der Waals surface area contributed by atoms with E-state index in [0.29, 0.717) is 11.4 Å². The summed E-state index contributed by atoms with van der Waals surface area (Å²) in [5, 5.41) is 1.11. The van der Waals surface area contributed by atoms with E-state index < -0.39 is 34.4 Å². The third-order valence-electron chi connectivity index (χ3n) is 4.03. The highest BCUT2D eigenvalue weighted by Gasteiger charge is 2.31. The number of hydrogen-bond acceptors (Lipinski definition) is 5. The van der Waals surface area contributed by atoms with Crippen molar-refractivity contribution >= 4 is 27.4 Å². The van der Waals surface area contributed by atoms with Gasteiger partial charge in [0.15, 0.2) is 16.4 Å². The fourth-order valence-corrected chi connectivity index (χ4v) is 4.04. The molecule has 0 N–H and O–H groups in total. The van der Waals surface area contributed by atoms with Crippen molar-refractivity contribution in [1.29, 1.82) is 0 Å². The van der Waals surface area contributed by atoms with Crippen molar-refractivity contribution in [3.05, 3.63) is 65.8 Å². The number of hydrogen-bond donors (Lipinski definition) is 0. The standard InChI is InChI=1S/C18H18N2O5S/c1-19-10-5-8-16(19)18(22)25-12-17(21)20(14-6-3-2-4-7-14)15-9-11-26(23,24)13-15/h2-11,15H,12-13H2,1H3/t15-/m1/s1. The number of benzene rings is 1. The molecule has 0 saturated heterocycles. The molecule has 0 bridgehead atoms. The smallest absolute Gasteiger partial charge is 0.355 e. The lowest BCUT2D eigenvalue weighted by atomic mass is 10.2. The van der Waals surface area contributed by atoms with Crippen LogP contribution in [0.15, 0.2) is 60.1 Å². The van der Waals surface area contributed by atoms with Crippen LogP contribution in [0.3, 0.4) is 0 Å². The minimum absolute atomic E-state index is 0.195. The van der Waals surface area contributed by atoms with Gasteiger partial charge in [0, 0.05) is 24.3 Å². The first-order valence-corrected chi connectivity index (χ1v) is 9.65. The van der Waals surface area contributed by atoms with Crippen molar-refractivity contribution < 1.29 is 22.7 Å². The maximum Gasteiger partial charge on any atom is 0.355 e. The van der Waals surface area contributed by atoms with E-state index >= 15 is 0 Å². The highest BCUT2D eigenvalue weighted by Crippen LogP contribution is 2.22. The molecule has 0 unspecified atom stereocenters. The molecular formula is C18H18N2O5S. The number of anilines is 1. The number of carbonyl (C=O) groups is 2. The third kappa shape index (κ3) is 3.85. The van der Waals surface area contributed by atoms with Crippen LogP contribution in [0, 0.1) is 0 Å². The molecule has 3 rings (SSSR count). The lowest BCUT2D eigenvalue weighted by Gasteiger charge is -2.27. The molecule has 26 heavy (non-hydrogen) atoms. The average molecular weight is 374 g/mol. The molecule has 2 aromatic rings. The van der Waals surface area contributed by atoms with Gasteiger partial charge in [0.1, 0.15) is 5.69 Å². The highest BCUT2D eigenvalue weighted by molar-refractivity contribution is 7.94. The Morgan fingerprint density at radius 1 is 1.19 bits per heavy atom. The summed E-state index contributed by atoms with van der Waals surface area (Å²) in [5.74, 6) is -1.31. The summed E-state index contributed by atoms with van der Waals surface area (Å²) in [7, 11) is -1.64. The third-order valence-corrected chi connectivity index (χ3v) is 5.40. The largest absolute Gasteiger partial charge is 0.451 e. The number of para-hydroxylation sites is 1. The average Bonchev–Trinajstić information content (AvgIpc) is 3.19. The summed E-state index contributed by atoms with van der Waals surface area (Å²) in [6.45, 7) is -0.483. The number of sulfone groups is 1. The van der Waals surface area contributed by atoms with E-state index in [1.165, 1.54) is 11.0 Å². The van der Waals surface area contributed by atoms with Gasteiger partial charge in [0.05, 0.1) is 11.8 Å². The van der Waals surface area contributed by atoms with Crippen LogP contribution in [-0.4, -0.2) is 43.3 Å². The van der Waals surface area contributed by atoms with Crippen molar-refractivity contribution in [2.24, 2.45) is 7.05 Å². The number of ether oxygens (including phenoxy) is 1. The molecule has 0 saturated carbocycles. The molecule has 8 heteroatoms. The first-order chi connectivity index (χ1) is 12.4. The van der Waals surface area contributed by atoms with Gasteiger partial charge in [-0.15, -0.1) is 0 Å². The number of amides is 1. The Hall–Kier alpha value is -2.87. The molecule has 1 aliphatic rings. The van der Waals surface area contributed by atoms with Crippen molar-refractivity contribution in [2.45, 2.75) is 6.04 Å². The van der Waals surface area contributed by atoms with Crippen LogP contribution in [-0.2, 0) is 26.4 Å².